The smallest absolute Gasteiger partial charge is 0.475 e. The van der Waals surface area contributed by atoms with Crippen molar-refractivity contribution < 1.29 is 37.4 Å². The molecule has 2 aliphatic rings. The maximum atomic E-state index is 13.1. The van der Waals surface area contributed by atoms with Gasteiger partial charge in [0.2, 0.25) is 5.91 Å². The van der Waals surface area contributed by atoms with Crippen LogP contribution in [0.5, 0.6) is 0 Å². The fourth-order valence-electron chi connectivity index (χ4n) is 4.36. The molecule has 3 heterocycles. The van der Waals surface area contributed by atoms with Gasteiger partial charge in [-0.3, -0.25) is 9.78 Å². The van der Waals surface area contributed by atoms with Crippen molar-refractivity contribution in [3.05, 3.63) is 54.4 Å². The quantitative estimate of drug-likeness (QED) is 0.578. The number of likely N-dealkylation sites (tertiary alicyclic amines) is 1. The number of benzene rings is 1. The molecule has 3 N–H and O–H groups in total. The Morgan fingerprint density at radius 2 is 1.78 bits per heavy atom. The molecule has 0 aliphatic carbocycles. The van der Waals surface area contributed by atoms with Gasteiger partial charge in [0.25, 0.3) is 0 Å². The number of ether oxygens (including phenoxy) is 1. The van der Waals surface area contributed by atoms with E-state index in [0.29, 0.717) is 32.0 Å². The Bertz CT molecular complexity index is 1070. The second kappa shape index (κ2) is 11.4. The van der Waals surface area contributed by atoms with Crippen LogP contribution >= 0.6 is 0 Å². The molecule has 0 radical (unpaired) electrons. The second-order valence-electron chi connectivity index (χ2n) is 8.74. The highest BCUT2D eigenvalue weighted by Crippen LogP contribution is 2.45. The summed E-state index contributed by atoms with van der Waals surface area (Å²) in [7, 11) is 0. The number of aliphatic carboxylic acids is 1. The lowest BCUT2D eigenvalue weighted by molar-refractivity contribution is -0.192. The van der Waals surface area contributed by atoms with Crippen LogP contribution in [0.1, 0.15) is 18.4 Å². The Hall–Kier alpha value is -3.67. The molecular weight excluding hydrogens is 481 g/mol. The summed E-state index contributed by atoms with van der Waals surface area (Å²) in [6.07, 6.45) is -0.243. The first kappa shape index (κ1) is 26.9. The number of carbonyl (C=O) groups is 3. The monoisotopic (exact) mass is 508 g/mol. The summed E-state index contributed by atoms with van der Waals surface area (Å²) in [4.78, 5) is 40.8. The van der Waals surface area contributed by atoms with Crippen molar-refractivity contribution in [3.63, 3.8) is 0 Å². The van der Waals surface area contributed by atoms with E-state index in [2.05, 4.69) is 15.6 Å². The summed E-state index contributed by atoms with van der Waals surface area (Å²) in [5.74, 6) is -3.10. The lowest BCUT2D eigenvalue weighted by atomic mass is 9.71. The largest absolute Gasteiger partial charge is 0.490 e. The number of carboxylic acids is 1. The molecule has 194 valence electrons. The number of pyridine rings is 1. The molecule has 0 saturated carbocycles. The molecular formula is C24H27F3N4O5. The van der Waals surface area contributed by atoms with Gasteiger partial charge < -0.3 is 25.4 Å². The molecule has 1 aromatic heterocycles. The van der Waals surface area contributed by atoms with Crippen molar-refractivity contribution in [2.24, 2.45) is 11.3 Å². The van der Waals surface area contributed by atoms with Crippen LogP contribution in [0.15, 0.2) is 48.8 Å². The number of aryl methyl sites for hydroxylation is 1. The molecule has 36 heavy (non-hydrogen) atoms. The molecule has 3 amide bonds. The van der Waals surface area contributed by atoms with Crippen LogP contribution in [0.2, 0.25) is 0 Å². The van der Waals surface area contributed by atoms with E-state index in [9.17, 15) is 22.8 Å². The number of carbonyl (C=O) groups excluding carboxylic acids is 2. The maximum absolute atomic E-state index is 13.1. The molecule has 4 rings (SSSR count). The van der Waals surface area contributed by atoms with Gasteiger partial charge in [-0.2, -0.15) is 13.2 Å². The van der Waals surface area contributed by atoms with Gasteiger partial charge in [0.15, 0.2) is 0 Å². The normalized spacial score (nSPS) is 18.7. The molecule has 12 heteroatoms. The number of hydrogen-bond donors (Lipinski definition) is 3. The molecule has 1 aromatic carbocycles. The number of aromatic nitrogens is 1. The minimum atomic E-state index is -5.08. The fourth-order valence-corrected chi connectivity index (χ4v) is 4.36. The molecule has 2 aromatic rings. The van der Waals surface area contributed by atoms with Crippen LogP contribution in [0, 0.1) is 18.3 Å². The summed E-state index contributed by atoms with van der Waals surface area (Å²) in [5, 5.41) is 13.1. The predicted molar refractivity (Wildman–Crippen MR) is 124 cm³/mol. The summed E-state index contributed by atoms with van der Waals surface area (Å²) in [5.41, 5.74) is 2.26. The highest BCUT2D eigenvalue weighted by molar-refractivity contribution is 5.95. The third-order valence-corrected chi connectivity index (χ3v) is 6.18. The van der Waals surface area contributed by atoms with E-state index >= 15 is 0 Å². The van der Waals surface area contributed by atoms with E-state index in [0.717, 1.165) is 24.1 Å². The number of rotatable bonds is 3. The second-order valence-corrected chi connectivity index (χ2v) is 8.74. The van der Waals surface area contributed by atoms with Gasteiger partial charge in [-0.25, -0.2) is 9.59 Å². The van der Waals surface area contributed by atoms with Crippen molar-refractivity contribution in [1.82, 2.24) is 9.88 Å². The van der Waals surface area contributed by atoms with Crippen LogP contribution in [0.25, 0.3) is 0 Å². The Balaban J connectivity index is 0.000000454. The van der Waals surface area contributed by atoms with E-state index in [1.165, 1.54) is 0 Å². The third kappa shape index (κ3) is 6.94. The number of nitrogens with one attached hydrogen (secondary N) is 2. The van der Waals surface area contributed by atoms with E-state index in [1.54, 1.807) is 23.4 Å². The number of hydrogen-bond acceptors (Lipinski definition) is 5. The standard InChI is InChI=1S/C22H26N4O3.C2HF3O2/c1-16-4-2-5-17(12-16)25-21(28)26-14-19(22(15-26)7-10-29-11-8-22)20(27)24-18-6-3-9-23-13-18;3-2(4,5)1(6)7/h2-6,9,12-13,19H,7-8,10-11,14-15H2,1H3,(H,24,27)(H,25,28);(H,6,7). The number of halogens is 3. The number of carboxylic acid groups (broad SMARTS) is 1. The summed E-state index contributed by atoms with van der Waals surface area (Å²) < 4.78 is 37.3. The zero-order chi connectivity index (χ0) is 26.3. The van der Waals surface area contributed by atoms with Crippen LogP contribution in [0.4, 0.5) is 29.3 Å². The summed E-state index contributed by atoms with van der Waals surface area (Å²) in [6, 6.07) is 11.1. The average Bonchev–Trinajstić information content (AvgIpc) is 3.19. The molecule has 2 fully saturated rings. The molecule has 2 saturated heterocycles. The Kier molecular flexibility index (Phi) is 8.51. The maximum Gasteiger partial charge on any atom is 0.490 e. The molecule has 1 atom stereocenters. The number of amides is 3. The highest BCUT2D eigenvalue weighted by atomic mass is 19.4. The zero-order valence-electron chi connectivity index (χ0n) is 19.5. The lowest BCUT2D eigenvalue weighted by Crippen LogP contribution is -2.42. The fraction of sp³-hybridized carbons (Fsp3) is 0.417. The van der Waals surface area contributed by atoms with Crippen molar-refractivity contribution in [1.29, 1.82) is 0 Å². The average molecular weight is 508 g/mol. The Morgan fingerprint density at radius 1 is 1.11 bits per heavy atom. The van der Waals surface area contributed by atoms with Gasteiger partial charge in [-0.05, 0) is 49.6 Å². The van der Waals surface area contributed by atoms with Gasteiger partial charge in [0.1, 0.15) is 0 Å². The molecule has 9 nitrogen and oxygen atoms in total. The van der Waals surface area contributed by atoms with E-state index in [-0.39, 0.29) is 23.3 Å². The predicted octanol–water partition coefficient (Wildman–Crippen LogP) is 3.92. The molecule has 1 unspecified atom stereocenters. The SMILES string of the molecule is Cc1cccc(NC(=O)N2CC(C(=O)Nc3cccnc3)C3(CCOCC3)C2)c1.O=C(O)C(F)(F)F. The van der Waals surface area contributed by atoms with Crippen molar-refractivity contribution in [2.75, 3.05) is 36.9 Å². The highest BCUT2D eigenvalue weighted by Gasteiger charge is 2.51. The van der Waals surface area contributed by atoms with E-state index in [1.807, 2.05) is 37.3 Å². The van der Waals surface area contributed by atoms with Gasteiger partial charge in [0, 0.05) is 43.6 Å². The summed E-state index contributed by atoms with van der Waals surface area (Å²) >= 11 is 0. The third-order valence-electron chi connectivity index (χ3n) is 6.18. The van der Waals surface area contributed by atoms with Gasteiger partial charge >= 0.3 is 18.2 Å². The minimum Gasteiger partial charge on any atom is -0.475 e. The van der Waals surface area contributed by atoms with Crippen LogP contribution in [0.3, 0.4) is 0 Å². The minimum absolute atomic E-state index is 0.0641. The number of urea groups is 1. The molecule has 2 aliphatic heterocycles. The summed E-state index contributed by atoms with van der Waals surface area (Å²) in [6.45, 7) is 4.16. The van der Waals surface area contributed by atoms with Crippen LogP contribution in [-0.4, -0.2) is 65.4 Å². The van der Waals surface area contributed by atoms with Crippen LogP contribution < -0.4 is 10.6 Å². The van der Waals surface area contributed by atoms with Gasteiger partial charge in [-0.15, -0.1) is 0 Å². The number of anilines is 2. The molecule has 1 spiro atoms. The zero-order valence-corrected chi connectivity index (χ0v) is 19.5. The Labute approximate surface area is 205 Å². The first-order chi connectivity index (χ1) is 17.0. The van der Waals surface area contributed by atoms with Crippen LogP contribution in [-0.2, 0) is 14.3 Å². The van der Waals surface area contributed by atoms with Crippen molar-refractivity contribution in [3.8, 4) is 0 Å². The van der Waals surface area contributed by atoms with Crippen molar-refractivity contribution in [2.45, 2.75) is 25.9 Å². The molecule has 0 bridgehead atoms. The van der Waals surface area contributed by atoms with E-state index in [4.69, 9.17) is 14.6 Å². The topological polar surface area (TPSA) is 121 Å². The Morgan fingerprint density at radius 3 is 2.36 bits per heavy atom. The lowest BCUT2D eigenvalue weighted by Gasteiger charge is -2.37. The van der Waals surface area contributed by atoms with Crippen molar-refractivity contribution >= 4 is 29.3 Å². The van der Waals surface area contributed by atoms with E-state index < -0.39 is 12.1 Å². The van der Waals surface area contributed by atoms with Gasteiger partial charge in [0.05, 0.1) is 17.8 Å². The number of nitrogens with zero attached hydrogens (tertiary/aromatic N) is 2. The van der Waals surface area contributed by atoms with Gasteiger partial charge in [-0.1, -0.05) is 12.1 Å². The first-order valence-electron chi connectivity index (χ1n) is 11.2. The first-order valence-corrected chi connectivity index (χ1v) is 11.2. The number of alkyl halides is 3.